The highest BCUT2D eigenvalue weighted by Crippen LogP contribution is 2.53. The second kappa shape index (κ2) is 6.91. The van der Waals surface area contributed by atoms with Gasteiger partial charge in [-0.05, 0) is 51.9 Å². The maximum atomic E-state index is 13.3. The van der Waals surface area contributed by atoms with Crippen molar-refractivity contribution in [2.45, 2.75) is 25.1 Å². The first-order valence-corrected chi connectivity index (χ1v) is 8.44. The fourth-order valence-electron chi connectivity index (χ4n) is 2.45. The van der Waals surface area contributed by atoms with Gasteiger partial charge < -0.3 is 9.47 Å². The molecule has 1 aliphatic heterocycles. The second-order valence-corrected chi connectivity index (χ2v) is 6.64. The molecule has 0 amide bonds. The summed E-state index contributed by atoms with van der Waals surface area (Å²) in [6.07, 6.45) is -4.55. The minimum Gasteiger partial charge on any atom is -0.497 e. The number of benzene rings is 2. The third-order valence-corrected chi connectivity index (χ3v) is 4.87. The lowest BCUT2D eigenvalue weighted by atomic mass is 9.97. The van der Waals surface area contributed by atoms with Gasteiger partial charge in [0.2, 0.25) is 0 Å². The number of alkyl halides is 3. The van der Waals surface area contributed by atoms with Gasteiger partial charge in [0.25, 0.3) is 0 Å². The van der Waals surface area contributed by atoms with Crippen molar-refractivity contribution in [2.75, 3.05) is 7.11 Å². The monoisotopic (exact) mass is 462 g/mol. The maximum Gasteiger partial charge on any atom is 0.442 e. The third kappa shape index (κ3) is 3.64. The molecular formula is C17H14F3IN2O2. The van der Waals surface area contributed by atoms with Crippen LogP contribution in [-0.4, -0.2) is 13.3 Å². The van der Waals surface area contributed by atoms with Crippen molar-refractivity contribution in [3.63, 3.8) is 0 Å². The highest BCUT2D eigenvalue weighted by atomic mass is 127. The average molecular weight is 462 g/mol. The van der Waals surface area contributed by atoms with Crippen LogP contribution < -0.4 is 4.74 Å². The van der Waals surface area contributed by atoms with Crippen molar-refractivity contribution in [2.24, 2.45) is 10.2 Å². The van der Waals surface area contributed by atoms with Crippen LogP contribution >= 0.6 is 22.6 Å². The molecule has 1 aliphatic rings. The molecule has 0 N–H and O–H groups in total. The first-order valence-electron chi connectivity index (χ1n) is 7.37. The first kappa shape index (κ1) is 18.1. The zero-order valence-corrected chi connectivity index (χ0v) is 15.3. The third-order valence-electron chi connectivity index (χ3n) is 3.86. The summed E-state index contributed by atoms with van der Waals surface area (Å²) < 4.78 is 51.3. The molecule has 0 atom stereocenters. The maximum absolute atomic E-state index is 13.3. The summed E-state index contributed by atoms with van der Waals surface area (Å²) in [6.45, 7) is 0.324. The van der Waals surface area contributed by atoms with Gasteiger partial charge in [-0.2, -0.15) is 13.2 Å². The number of ether oxygens (including phenoxy) is 2. The van der Waals surface area contributed by atoms with Gasteiger partial charge in [-0.3, -0.25) is 0 Å². The van der Waals surface area contributed by atoms with Crippen LogP contribution in [0.5, 0.6) is 5.75 Å². The molecular weight excluding hydrogens is 448 g/mol. The Labute approximate surface area is 156 Å². The minimum absolute atomic E-state index is 0.0293. The number of methoxy groups -OCH3 is 1. The molecule has 0 spiro atoms. The molecule has 0 aromatic heterocycles. The van der Waals surface area contributed by atoms with Gasteiger partial charge in [0.1, 0.15) is 5.75 Å². The van der Waals surface area contributed by atoms with Crippen LogP contribution in [0.3, 0.4) is 0 Å². The van der Waals surface area contributed by atoms with E-state index >= 15 is 0 Å². The number of halogens is 4. The standard InChI is InChI=1S/C17H14F3IN2O2/c1-24-12-7-5-11(6-8-12)9-25-10-13-14(3-2-4-15(13)21)16(22-23-16)17(18,19)20/h2-8H,9-10H2,1H3. The fraction of sp³-hybridized carbons (Fsp3) is 0.294. The molecule has 2 aromatic carbocycles. The summed E-state index contributed by atoms with van der Waals surface area (Å²) in [5, 5.41) is 6.58. The molecule has 1 heterocycles. The lowest BCUT2D eigenvalue weighted by Crippen LogP contribution is -2.31. The van der Waals surface area contributed by atoms with Crippen LogP contribution in [0.2, 0.25) is 0 Å². The van der Waals surface area contributed by atoms with Crippen LogP contribution in [0, 0.1) is 3.57 Å². The van der Waals surface area contributed by atoms with Crippen molar-refractivity contribution in [3.8, 4) is 5.75 Å². The number of rotatable bonds is 6. The normalized spacial score (nSPS) is 15.2. The van der Waals surface area contributed by atoms with Crippen LogP contribution in [0.1, 0.15) is 16.7 Å². The molecule has 0 bridgehead atoms. The van der Waals surface area contributed by atoms with E-state index in [-0.39, 0.29) is 18.8 Å². The van der Waals surface area contributed by atoms with Gasteiger partial charge in [0.15, 0.2) is 0 Å². The molecule has 0 radical (unpaired) electrons. The van der Waals surface area contributed by atoms with E-state index in [1.54, 1.807) is 31.4 Å². The van der Waals surface area contributed by atoms with E-state index in [1.165, 1.54) is 6.07 Å². The summed E-state index contributed by atoms with van der Waals surface area (Å²) in [5.41, 5.74) is -1.05. The number of hydrogen-bond donors (Lipinski definition) is 0. The molecule has 3 rings (SSSR count). The zero-order chi connectivity index (χ0) is 18.1. The molecule has 0 saturated carbocycles. The molecule has 0 saturated heterocycles. The van der Waals surface area contributed by atoms with Crippen LogP contribution in [0.4, 0.5) is 13.2 Å². The highest BCUT2D eigenvalue weighted by Gasteiger charge is 2.65. The largest absolute Gasteiger partial charge is 0.497 e. The van der Waals surface area contributed by atoms with E-state index < -0.39 is 11.8 Å². The molecule has 132 valence electrons. The summed E-state index contributed by atoms with van der Waals surface area (Å²) >= 11 is 2.00. The first-order chi connectivity index (χ1) is 11.9. The smallest absolute Gasteiger partial charge is 0.442 e. The lowest BCUT2D eigenvalue weighted by molar-refractivity contribution is -0.166. The Morgan fingerprint density at radius 3 is 2.28 bits per heavy atom. The van der Waals surface area contributed by atoms with Crippen LogP contribution in [0.25, 0.3) is 0 Å². The molecule has 25 heavy (non-hydrogen) atoms. The van der Waals surface area contributed by atoms with Gasteiger partial charge in [-0.15, -0.1) is 10.2 Å². The molecule has 8 heteroatoms. The van der Waals surface area contributed by atoms with Crippen LogP contribution in [0.15, 0.2) is 52.7 Å². The Hall–Kier alpha value is -1.68. The SMILES string of the molecule is COc1ccc(COCc2c(I)cccc2C2(C(F)(F)F)N=N2)cc1. The van der Waals surface area contributed by atoms with Gasteiger partial charge >= 0.3 is 11.8 Å². The molecule has 0 aliphatic carbocycles. The quantitative estimate of drug-likeness (QED) is 0.555. The van der Waals surface area contributed by atoms with Gasteiger partial charge in [-0.1, -0.05) is 24.3 Å². The molecule has 2 aromatic rings. The zero-order valence-electron chi connectivity index (χ0n) is 13.2. The van der Waals surface area contributed by atoms with Crippen molar-refractivity contribution in [1.82, 2.24) is 0 Å². The predicted molar refractivity (Wildman–Crippen MR) is 93.2 cm³/mol. The summed E-state index contributed by atoms with van der Waals surface area (Å²) in [6, 6.07) is 12.0. The summed E-state index contributed by atoms with van der Waals surface area (Å²) in [4.78, 5) is 0. The molecule has 0 unspecified atom stereocenters. The highest BCUT2D eigenvalue weighted by molar-refractivity contribution is 14.1. The molecule has 4 nitrogen and oxygen atoms in total. The van der Waals surface area contributed by atoms with Gasteiger partial charge in [0, 0.05) is 9.13 Å². The topological polar surface area (TPSA) is 43.2 Å². The predicted octanol–water partition coefficient (Wildman–Crippen LogP) is 5.20. The van der Waals surface area contributed by atoms with Crippen molar-refractivity contribution in [1.29, 1.82) is 0 Å². The van der Waals surface area contributed by atoms with E-state index in [4.69, 9.17) is 9.47 Å². The van der Waals surface area contributed by atoms with Crippen molar-refractivity contribution < 1.29 is 22.6 Å². The summed E-state index contributed by atoms with van der Waals surface area (Å²) in [7, 11) is 1.58. The van der Waals surface area contributed by atoms with Gasteiger partial charge in [-0.25, -0.2) is 0 Å². The van der Waals surface area contributed by atoms with E-state index in [0.29, 0.717) is 9.13 Å². The Balaban J connectivity index is 1.74. The van der Waals surface area contributed by atoms with E-state index in [1.807, 2.05) is 34.7 Å². The van der Waals surface area contributed by atoms with E-state index in [2.05, 4.69) is 10.2 Å². The Morgan fingerprint density at radius 1 is 1.04 bits per heavy atom. The average Bonchev–Trinajstić information content (AvgIpc) is 3.38. The van der Waals surface area contributed by atoms with Crippen LogP contribution in [-0.2, 0) is 23.6 Å². The summed E-state index contributed by atoms with van der Waals surface area (Å²) in [5.74, 6) is 0.729. The molecule has 0 fully saturated rings. The van der Waals surface area contributed by atoms with E-state index in [0.717, 1.165) is 11.3 Å². The number of hydrogen-bond acceptors (Lipinski definition) is 4. The van der Waals surface area contributed by atoms with Crippen molar-refractivity contribution >= 4 is 22.6 Å². The Bertz CT molecular complexity index is 785. The van der Waals surface area contributed by atoms with Gasteiger partial charge in [0.05, 0.1) is 20.3 Å². The Morgan fingerprint density at radius 2 is 1.72 bits per heavy atom. The number of nitrogens with zero attached hydrogens (tertiary/aromatic N) is 2. The van der Waals surface area contributed by atoms with Crippen molar-refractivity contribution in [3.05, 3.63) is 62.7 Å². The lowest BCUT2D eigenvalue weighted by Gasteiger charge is -2.19. The van der Waals surface area contributed by atoms with E-state index in [9.17, 15) is 13.2 Å². The fourth-order valence-corrected chi connectivity index (χ4v) is 3.10. The minimum atomic E-state index is -4.55. The Kier molecular flexibility index (Phi) is 5.01. The second-order valence-electron chi connectivity index (χ2n) is 5.48.